The van der Waals surface area contributed by atoms with Gasteiger partial charge in [0.1, 0.15) is 0 Å². The van der Waals surface area contributed by atoms with Crippen molar-refractivity contribution in [1.82, 2.24) is 15.0 Å². The highest BCUT2D eigenvalue weighted by molar-refractivity contribution is 6.30. The number of nitrogens with zero attached hydrogens (tertiary/aromatic N) is 3. The van der Waals surface area contributed by atoms with Gasteiger partial charge in [0.15, 0.2) is 5.82 Å². The zero-order valence-electron chi connectivity index (χ0n) is 12.1. The third kappa shape index (κ3) is 3.43. The molecule has 0 spiro atoms. The van der Waals surface area contributed by atoms with Gasteiger partial charge in [0.05, 0.1) is 19.3 Å². The fourth-order valence-electron chi connectivity index (χ4n) is 2.52. The summed E-state index contributed by atoms with van der Waals surface area (Å²) >= 11 is 6.06. The van der Waals surface area contributed by atoms with Crippen LogP contribution in [-0.2, 0) is 11.3 Å². The van der Waals surface area contributed by atoms with E-state index in [0.29, 0.717) is 30.9 Å². The van der Waals surface area contributed by atoms with E-state index in [1.807, 2.05) is 24.3 Å². The van der Waals surface area contributed by atoms with Crippen molar-refractivity contribution in [1.29, 1.82) is 0 Å². The molecule has 1 aliphatic rings. The van der Waals surface area contributed by atoms with E-state index in [4.69, 9.17) is 20.9 Å². The monoisotopic (exact) mass is 307 g/mol. The minimum Gasteiger partial charge on any atom is -0.371 e. The quantitative estimate of drug-likeness (QED) is 0.872. The summed E-state index contributed by atoms with van der Waals surface area (Å²) in [6.07, 6.45) is 0.0212. The Balaban J connectivity index is 1.72. The SMILES string of the molecule is Cc1nc(CN2C[C@@H](c3cccc(Cl)c3)OC[C@H]2C)no1. The summed E-state index contributed by atoms with van der Waals surface area (Å²) in [7, 11) is 0. The van der Waals surface area contributed by atoms with Gasteiger partial charge in [-0.25, -0.2) is 0 Å². The number of aromatic nitrogens is 2. The molecule has 1 saturated heterocycles. The van der Waals surface area contributed by atoms with Gasteiger partial charge in [-0.05, 0) is 24.6 Å². The van der Waals surface area contributed by atoms with E-state index in [2.05, 4.69) is 22.0 Å². The molecule has 1 aromatic carbocycles. The Morgan fingerprint density at radius 3 is 3.00 bits per heavy atom. The molecule has 0 amide bonds. The van der Waals surface area contributed by atoms with Crippen LogP contribution in [0.4, 0.5) is 0 Å². The second-order valence-electron chi connectivity index (χ2n) is 5.39. The Kier molecular flexibility index (Phi) is 4.24. The first-order chi connectivity index (χ1) is 10.1. The number of halogens is 1. The van der Waals surface area contributed by atoms with Crippen molar-refractivity contribution in [2.75, 3.05) is 13.2 Å². The minimum absolute atomic E-state index is 0.0212. The average molecular weight is 308 g/mol. The van der Waals surface area contributed by atoms with Crippen molar-refractivity contribution in [3.05, 3.63) is 46.6 Å². The summed E-state index contributed by atoms with van der Waals surface area (Å²) in [5, 5.41) is 4.70. The van der Waals surface area contributed by atoms with Crippen LogP contribution in [0.3, 0.4) is 0 Å². The van der Waals surface area contributed by atoms with Gasteiger partial charge in [-0.15, -0.1) is 0 Å². The van der Waals surface area contributed by atoms with Crippen LogP contribution in [0.2, 0.25) is 5.02 Å². The Hall–Kier alpha value is -1.43. The molecule has 5 nitrogen and oxygen atoms in total. The van der Waals surface area contributed by atoms with E-state index >= 15 is 0 Å². The summed E-state index contributed by atoms with van der Waals surface area (Å²) < 4.78 is 11.0. The van der Waals surface area contributed by atoms with Gasteiger partial charge >= 0.3 is 0 Å². The molecule has 0 radical (unpaired) electrons. The van der Waals surface area contributed by atoms with Crippen LogP contribution in [0.1, 0.15) is 30.3 Å². The number of ether oxygens (including phenoxy) is 1. The van der Waals surface area contributed by atoms with Crippen molar-refractivity contribution >= 4 is 11.6 Å². The molecule has 1 aromatic heterocycles. The predicted octanol–water partition coefficient (Wildman–Crippen LogP) is 2.99. The summed E-state index contributed by atoms with van der Waals surface area (Å²) in [5.74, 6) is 1.31. The molecular formula is C15H18ClN3O2. The van der Waals surface area contributed by atoms with Crippen molar-refractivity contribution in [3.63, 3.8) is 0 Å². The zero-order chi connectivity index (χ0) is 14.8. The number of benzene rings is 1. The molecule has 0 N–H and O–H groups in total. The van der Waals surface area contributed by atoms with E-state index < -0.39 is 0 Å². The average Bonchev–Trinajstić information content (AvgIpc) is 2.87. The van der Waals surface area contributed by atoms with Gasteiger partial charge in [0, 0.05) is 24.5 Å². The summed E-state index contributed by atoms with van der Waals surface area (Å²) in [4.78, 5) is 6.57. The van der Waals surface area contributed by atoms with E-state index in [1.54, 1.807) is 6.92 Å². The van der Waals surface area contributed by atoms with Crippen molar-refractivity contribution in [3.8, 4) is 0 Å². The first-order valence-corrected chi connectivity index (χ1v) is 7.40. The third-order valence-electron chi connectivity index (χ3n) is 3.70. The first kappa shape index (κ1) is 14.5. The highest BCUT2D eigenvalue weighted by atomic mass is 35.5. The molecule has 0 aliphatic carbocycles. The van der Waals surface area contributed by atoms with Crippen LogP contribution < -0.4 is 0 Å². The normalized spacial score (nSPS) is 23.4. The predicted molar refractivity (Wildman–Crippen MR) is 79.1 cm³/mol. The Bertz CT molecular complexity index is 616. The molecule has 2 atom stereocenters. The maximum absolute atomic E-state index is 6.06. The molecule has 3 rings (SSSR count). The molecule has 2 heterocycles. The first-order valence-electron chi connectivity index (χ1n) is 7.02. The molecule has 1 fully saturated rings. The molecule has 112 valence electrons. The third-order valence-corrected chi connectivity index (χ3v) is 3.93. The lowest BCUT2D eigenvalue weighted by Gasteiger charge is -2.37. The molecule has 6 heteroatoms. The van der Waals surface area contributed by atoms with E-state index in [0.717, 1.165) is 17.1 Å². The molecule has 0 saturated carbocycles. The Morgan fingerprint density at radius 2 is 2.29 bits per heavy atom. The van der Waals surface area contributed by atoms with E-state index in [-0.39, 0.29) is 6.10 Å². The van der Waals surface area contributed by atoms with Crippen molar-refractivity contribution in [2.45, 2.75) is 32.5 Å². The fraction of sp³-hybridized carbons (Fsp3) is 0.467. The molecule has 21 heavy (non-hydrogen) atoms. The lowest BCUT2D eigenvalue weighted by molar-refractivity contribution is -0.0642. The van der Waals surface area contributed by atoms with Gasteiger partial charge in [-0.2, -0.15) is 4.98 Å². The molecule has 1 aliphatic heterocycles. The fourth-order valence-corrected chi connectivity index (χ4v) is 2.72. The topological polar surface area (TPSA) is 51.4 Å². The lowest BCUT2D eigenvalue weighted by atomic mass is 10.1. The number of hydrogen-bond acceptors (Lipinski definition) is 5. The van der Waals surface area contributed by atoms with Gasteiger partial charge in [0.2, 0.25) is 5.89 Å². The Morgan fingerprint density at radius 1 is 1.43 bits per heavy atom. The molecule has 0 bridgehead atoms. The second kappa shape index (κ2) is 6.13. The van der Waals surface area contributed by atoms with Crippen molar-refractivity contribution in [2.24, 2.45) is 0 Å². The molecule has 2 aromatic rings. The van der Waals surface area contributed by atoms with Gasteiger partial charge in [-0.3, -0.25) is 4.90 Å². The summed E-state index contributed by atoms with van der Waals surface area (Å²) in [6.45, 7) is 6.07. The minimum atomic E-state index is 0.0212. The maximum Gasteiger partial charge on any atom is 0.223 e. The van der Waals surface area contributed by atoms with Gasteiger partial charge < -0.3 is 9.26 Å². The Labute approximate surface area is 128 Å². The molecular weight excluding hydrogens is 290 g/mol. The smallest absolute Gasteiger partial charge is 0.223 e. The second-order valence-corrected chi connectivity index (χ2v) is 5.82. The van der Waals surface area contributed by atoms with Crippen molar-refractivity contribution < 1.29 is 9.26 Å². The number of aryl methyl sites for hydroxylation is 1. The van der Waals surface area contributed by atoms with E-state index in [9.17, 15) is 0 Å². The maximum atomic E-state index is 6.06. The van der Waals surface area contributed by atoms with Crippen LogP contribution in [0.15, 0.2) is 28.8 Å². The van der Waals surface area contributed by atoms with Crippen LogP contribution in [0.25, 0.3) is 0 Å². The van der Waals surface area contributed by atoms with E-state index in [1.165, 1.54) is 0 Å². The standard InChI is InChI=1S/C15H18ClN3O2/c1-10-9-20-14(12-4-3-5-13(16)6-12)7-19(10)8-15-17-11(2)21-18-15/h3-6,10,14H,7-9H2,1-2H3/t10-,14+/m1/s1. The van der Waals surface area contributed by atoms with Crippen LogP contribution in [0.5, 0.6) is 0 Å². The number of rotatable bonds is 3. The summed E-state index contributed by atoms with van der Waals surface area (Å²) in [6, 6.07) is 8.14. The van der Waals surface area contributed by atoms with Gasteiger partial charge in [0.25, 0.3) is 0 Å². The highest BCUT2D eigenvalue weighted by Gasteiger charge is 2.28. The largest absolute Gasteiger partial charge is 0.371 e. The van der Waals surface area contributed by atoms with Crippen LogP contribution >= 0.6 is 11.6 Å². The van der Waals surface area contributed by atoms with Crippen LogP contribution in [-0.4, -0.2) is 34.2 Å². The summed E-state index contributed by atoms with van der Waals surface area (Å²) in [5.41, 5.74) is 1.10. The number of hydrogen-bond donors (Lipinski definition) is 0. The molecule has 0 unspecified atom stereocenters. The zero-order valence-corrected chi connectivity index (χ0v) is 12.9. The number of morpholine rings is 1. The highest BCUT2D eigenvalue weighted by Crippen LogP contribution is 2.27. The lowest BCUT2D eigenvalue weighted by Crippen LogP contribution is -2.44. The van der Waals surface area contributed by atoms with Gasteiger partial charge in [-0.1, -0.05) is 28.9 Å². The van der Waals surface area contributed by atoms with Crippen LogP contribution in [0, 0.1) is 6.92 Å².